The molecule has 0 bridgehead atoms. The van der Waals surface area contributed by atoms with E-state index in [9.17, 15) is 13.7 Å². The largest absolute Gasteiger partial charge is 0.294 e. The number of nitriles is 2. The number of benzene rings is 2. The standard InChI is InChI=1S/C18H15N3O2S/c1-24(22,23)11-14-4-7-16-10-21(12-20)18(17(16)8-14)15-5-2-13(9-19)3-6-15/h2-8,18H,10-11H2,1H3. The van der Waals surface area contributed by atoms with Gasteiger partial charge in [-0.2, -0.15) is 10.5 Å². The van der Waals surface area contributed by atoms with E-state index >= 15 is 0 Å². The van der Waals surface area contributed by atoms with Crippen LogP contribution in [0.3, 0.4) is 0 Å². The summed E-state index contributed by atoms with van der Waals surface area (Å²) in [5.74, 6) is -0.0209. The Balaban J connectivity index is 2.05. The van der Waals surface area contributed by atoms with E-state index in [2.05, 4.69) is 12.3 Å². The normalized spacial score (nSPS) is 16.3. The third kappa shape index (κ3) is 3.10. The Bertz CT molecular complexity index is 967. The third-order valence-electron chi connectivity index (χ3n) is 4.07. The lowest BCUT2D eigenvalue weighted by Gasteiger charge is -2.20. The molecule has 1 unspecified atom stereocenters. The summed E-state index contributed by atoms with van der Waals surface area (Å²) in [4.78, 5) is 1.66. The molecule has 0 aliphatic carbocycles. The highest BCUT2D eigenvalue weighted by molar-refractivity contribution is 7.89. The molecule has 2 aromatic rings. The highest BCUT2D eigenvalue weighted by atomic mass is 32.2. The van der Waals surface area contributed by atoms with E-state index in [-0.39, 0.29) is 11.8 Å². The highest BCUT2D eigenvalue weighted by Gasteiger charge is 2.31. The summed E-state index contributed by atoms with van der Waals surface area (Å²) in [6, 6.07) is 14.5. The number of rotatable bonds is 3. The van der Waals surface area contributed by atoms with Crippen LogP contribution in [0.15, 0.2) is 42.5 Å². The Morgan fingerprint density at radius 2 is 1.88 bits per heavy atom. The van der Waals surface area contributed by atoms with Crippen LogP contribution in [-0.2, 0) is 22.1 Å². The Labute approximate surface area is 141 Å². The molecule has 0 aromatic heterocycles. The van der Waals surface area contributed by atoms with Gasteiger partial charge in [-0.25, -0.2) is 8.42 Å². The van der Waals surface area contributed by atoms with E-state index < -0.39 is 9.84 Å². The van der Waals surface area contributed by atoms with Crippen molar-refractivity contribution in [2.75, 3.05) is 6.26 Å². The lowest BCUT2D eigenvalue weighted by atomic mass is 9.96. The van der Waals surface area contributed by atoms with E-state index in [1.807, 2.05) is 24.3 Å². The number of hydrogen-bond acceptors (Lipinski definition) is 5. The van der Waals surface area contributed by atoms with Gasteiger partial charge in [0.2, 0.25) is 0 Å². The first kappa shape index (κ1) is 16.0. The van der Waals surface area contributed by atoms with Gasteiger partial charge >= 0.3 is 0 Å². The Hall–Kier alpha value is -2.83. The molecule has 0 spiro atoms. The lowest BCUT2D eigenvalue weighted by Crippen LogP contribution is -2.17. The van der Waals surface area contributed by atoms with E-state index in [0.29, 0.717) is 12.1 Å². The molecule has 0 saturated heterocycles. The van der Waals surface area contributed by atoms with Crippen molar-refractivity contribution in [2.45, 2.75) is 18.3 Å². The summed E-state index contributed by atoms with van der Waals surface area (Å²) < 4.78 is 23.1. The molecule has 5 nitrogen and oxygen atoms in total. The van der Waals surface area contributed by atoms with Gasteiger partial charge in [-0.15, -0.1) is 0 Å². The van der Waals surface area contributed by atoms with Gasteiger partial charge in [0.25, 0.3) is 0 Å². The van der Waals surface area contributed by atoms with Gasteiger partial charge in [0.05, 0.1) is 30.0 Å². The maximum Gasteiger partial charge on any atom is 0.180 e. The average molecular weight is 337 g/mol. The van der Waals surface area contributed by atoms with Crippen molar-refractivity contribution in [1.29, 1.82) is 10.5 Å². The maximum atomic E-state index is 11.6. The fraction of sp³-hybridized carbons (Fsp3) is 0.222. The second-order valence-electron chi connectivity index (χ2n) is 5.97. The van der Waals surface area contributed by atoms with Crippen LogP contribution >= 0.6 is 0 Å². The third-order valence-corrected chi connectivity index (χ3v) is 4.93. The molecular weight excluding hydrogens is 322 g/mol. The average Bonchev–Trinajstić information content (AvgIpc) is 2.91. The summed E-state index contributed by atoms with van der Waals surface area (Å²) in [5.41, 5.74) is 4.15. The maximum absolute atomic E-state index is 11.6. The van der Waals surface area contributed by atoms with Crippen molar-refractivity contribution >= 4 is 9.84 Å². The van der Waals surface area contributed by atoms with Crippen molar-refractivity contribution in [2.24, 2.45) is 0 Å². The predicted molar refractivity (Wildman–Crippen MR) is 89.1 cm³/mol. The van der Waals surface area contributed by atoms with Crippen LogP contribution in [-0.4, -0.2) is 19.6 Å². The Morgan fingerprint density at radius 1 is 1.17 bits per heavy atom. The molecule has 1 heterocycles. The fourth-order valence-electron chi connectivity index (χ4n) is 3.07. The first-order valence-electron chi connectivity index (χ1n) is 7.37. The molecular formula is C18H15N3O2S. The minimum absolute atomic E-state index is 0.0209. The minimum atomic E-state index is -3.12. The zero-order valence-electron chi connectivity index (χ0n) is 13.1. The van der Waals surface area contributed by atoms with Crippen LogP contribution in [0.4, 0.5) is 0 Å². The van der Waals surface area contributed by atoms with Crippen LogP contribution in [0, 0.1) is 22.8 Å². The summed E-state index contributed by atoms with van der Waals surface area (Å²) in [5, 5.41) is 18.4. The molecule has 120 valence electrons. The zero-order valence-corrected chi connectivity index (χ0v) is 13.9. The molecule has 3 rings (SSSR count). The summed E-state index contributed by atoms with van der Waals surface area (Å²) >= 11 is 0. The second kappa shape index (κ2) is 5.99. The number of fused-ring (bicyclic) bond motifs is 1. The smallest absolute Gasteiger partial charge is 0.180 e. The van der Waals surface area contributed by atoms with E-state index in [1.165, 1.54) is 6.26 Å². The number of nitrogens with zero attached hydrogens (tertiary/aromatic N) is 3. The quantitative estimate of drug-likeness (QED) is 0.803. The molecule has 0 saturated carbocycles. The van der Waals surface area contributed by atoms with Gasteiger partial charge in [0.15, 0.2) is 16.0 Å². The monoisotopic (exact) mass is 337 g/mol. The first-order chi connectivity index (χ1) is 11.4. The van der Waals surface area contributed by atoms with Crippen molar-refractivity contribution in [3.05, 3.63) is 70.3 Å². The fourth-order valence-corrected chi connectivity index (χ4v) is 3.86. The van der Waals surface area contributed by atoms with Gasteiger partial charge in [0, 0.05) is 6.26 Å². The second-order valence-corrected chi connectivity index (χ2v) is 8.11. The summed E-state index contributed by atoms with van der Waals surface area (Å²) in [6.07, 6.45) is 3.41. The summed E-state index contributed by atoms with van der Waals surface area (Å²) in [6.45, 7) is 0.496. The molecule has 0 radical (unpaired) electrons. The van der Waals surface area contributed by atoms with Gasteiger partial charge in [-0.3, -0.25) is 4.90 Å². The van der Waals surface area contributed by atoms with Crippen LogP contribution in [0.1, 0.15) is 33.9 Å². The predicted octanol–water partition coefficient (Wildman–Crippen LogP) is 2.49. The van der Waals surface area contributed by atoms with Gasteiger partial charge in [-0.1, -0.05) is 30.3 Å². The molecule has 0 N–H and O–H groups in total. The van der Waals surface area contributed by atoms with Gasteiger partial charge < -0.3 is 0 Å². The zero-order chi connectivity index (χ0) is 17.3. The molecule has 24 heavy (non-hydrogen) atoms. The van der Waals surface area contributed by atoms with E-state index in [0.717, 1.165) is 22.3 Å². The van der Waals surface area contributed by atoms with Gasteiger partial charge in [-0.05, 0) is 34.4 Å². The van der Waals surface area contributed by atoms with Crippen LogP contribution in [0.25, 0.3) is 0 Å². The van der Waals surface area contributed by atoms with Crippen molar-refractivity contribution in [3.8, 4) is 12.3 Å². The highest BCUT2D eigenvalue weighted by Crippen LogP contribution is 2.38. The molecule has 6 heteroatoms. The van der Waals surface area contributed by atoms with Crippen molar-refractivity contribution in [1.82, 2.24) is 4.90 Å². The number of sulfone groups is 1. The molecule has 1 aliphatic heterocycles. The molecule has 1 atom stereocenters. The van der Waals surface area contributed by atoms with Crippen LogP contribution in [0.2, 0.25) is 0 Å². The van der Waals surface area contributed by atoms with Crippen LogP contribution in [0.5, 0.6) is 0 Å². The topological polar surface area (TPSA) is 85.0 Å². The SMILES string of the molecule is CS(=O)(=O)Cc1ccc2c(c1)C(c1ccc(C#N)cc1)N(C#N)C2. The Kier molecular flexibility index (Phi) is 4.01. The van der Waals surface area contributed by atoms with E-state index in [1.54, 1.807) is 23.1 Å². The Morgan fingerprint density at radius 3 is 2.46 bits per heavy atom. The molecule has 1 aliphatic rings. The number of hydrogen-bond donors (Lipinski definition) is 0. The van der Waals surface area contributed by atoms with Crippen molar-refractivity contribution < 1.29 is 8.42 Å². The first-order valence-corrected chi connectivity index (χ1v) is 9.43. The summed E-state index contributed by atoms with van der Waals surface area (Å²) in [7, 11) is -3.12. The van der Waals surface area contributed by atoms with Gasteiger partial charge in [0.1, 0.15) is 0 Å². The van der Waals surface area contributed by atoms with Crippen LogP contribution < -0.4 is 0 Å². The molecule has 0 fully saturated rings. The lowest BCUT2D eigenvalue weighted by molar-refractivity contribution is 0.362. The van der Waals surface area contributed by atoms with Crippen molar-refractivity contribution in [3.63, 3.8) is 0 Å². The van der Waals surface area contributed by atoms with E-state index in [4.69, 9.17) is 5.26 Å². The minimum Gasteiger partial charge on any atom is -0.294 e. The molecule has 0 amide bonds. The molecule has 2 aromatic carbocycles.